The summed E-state index contributed by atoms with van der Waals surface area (Å²) < 4.78 is 5.53. The molecule has 1 saturated heterocycles. The smallest absolute Gasteiger partial charge is 0.335 e. The molecule has 17 heavy (non-hydrogen) atoms. The molecule has 0 saturated carbocycles. The first-order valence-corrected chi connectivity index (χ1v) is 5.77. The number of carboxylic acid groups (broad SMARTS) is 1. The summed E-state index contributed by atoms with van der Waals surface area (Å²) >= 11 is 0. The van der Waals surface area contributed by atoms with Crippen molar-refractivity contribution in [2.45, 2.75) is 25.5 Å². The highest BCUT2D eigenvalue weighted by atomic mass is 16.5. The molecule has 1 heterocycles. The van der Waals surface area contributed by atoms with Gasteiger partial charge in [0.25, 0.3) is 0 Å². The largest absolute Gasteiger partial charge is 0.478 e. The van der Waals surface area contributed by atoms with Crippen LogP contribution in [0.5, 0.6) is 0 Å². The van der Waals surface area contributed by atoms with Crippen molar-refractivity contribution < 1.29 is 14.6 Å². The first kappa shape index (κ1) is 11.9. The number of carbonyl (C=O) groups is 1. The lowest BCUT2D eigenvalue weighted by Crippen LogP contribution is -2.36. The predicted octanol–water partition coefficient (Wildman–Crippen LogP) is 2.00. The van der Waals surface area contributed by atoms with Crippen molar-refractivity contribution >= 4 is 11.7 Å². The second-order valence-electron chi connectivity index (χ2n) is 4.39. The van der Waals surface area contributed by atoms with Gasteiger partial charge in [0, 0.05) is 19.3 Å². The monoisotopic (exact) mass is 235 g/mol. The summed E-state index contributed by atoms with van der Waals surface area (Å²) in [6.07, 6.45) is 1.23. The Morgan fingerprint density at radius 2 is 2.06 bits per heavy atom. The summed E-state index contributed by atoms with van der Waals surface area (Å²) in [5, 5.41) is 8.83. The Morgan fingerprint density at radius 1 is 1.41 bits per heavy atom. The van der Waals surface area contributed by atoms with E-state index in [1.54, 1.807) is 12.1 Å². The molecule has 4 heteroatoms. The molecule has 0 amide bonds. The summed E-state index contributed by atoms with van der Waals surface area (Å²) in [7, 11) is 2.02. The Hall–Kier alpha value is -1.55. The Kier molecular flexibility index (Phi) is 3.33. The highest BCUT2D eigenvalue weighted by Gasteiger charge is 2.27. The van der Waals surface area contributed by atoms with Crippen LogP contribution in [0.15, 0.2) is 24.3 Å². The van der Waals surface area contributed by atoms with Gasteiger partial charge in [0.15, 0.2) is 0 Å². The molecular formula is C13H17NO3. The van der Waals surface area contributed by atoms with Crippen LogP contribution in [-0.2, 0) is 4.74 Å². The van der Waals surface area contributed by atoms with Crippen LogP contribution in [0.4, 0.5) is 5.69 Å². The summed E-state index contributed by atoms with van der Waals surface area (Å²) in [6.45, 7) is 2.86. The minimum absolute atomic E-state index is 0.221. The van der Waals surface area contributed by atoms with E-state index in [0.717, 1.165) is 18.7 Å². The molecule has 0 aromatic heterocycles. The van der Waals surface area contributed by atoms with Crippen LogP contribution in [0.3, 0.4) is 0 Å². The number of anilines is 1. The molecule has 2 atom stereocenters. The van der Waals surface area contributed by atoms with Gasteiger partial charge in [-0.25, -0.2) is 4.79 Å². The zero-order valence-corrected chi connectivity index (χ0v) is 10.1. The van der Waals surface area contributed by atoms with Gasteiger partial charge in [-0.1, -0.05) is 0 Å². The molecule has 1 aromatic carbocycles. The lowest BCUT2D eigenvalue weighted by atomic mass is 10.1. The van der Waals surface area contributed by atoms with Crippen molar-refractivity contribution in [2.24, 2.45) is 0 Å². The highest BCUT2D eigenvalue weighted by Crippen LogP contribution is 2.24. The fourth-order valence-electron chi connectivity index (χ4n) is 2.26. The van der Waals surface area contributed by atoms with Gasteiger partial charge in [0.2, 0.25) is 0 Å². The van der Waals surface area contributed by atoms with Crippen LogP contribution >= 0.6 is 0 Å². The van der Waals surface area contributed by atoms with Crippen LogP contribution in [-0.4, -0.2) is 36.9 Å². The number of benzene rings is 1. The summed E-state index contributed by atoms with van der Waals surface area (Å²) in [5.41, 5.74) is 1.34. The van der Waals surface area contributed by atoms with Gasteiger partial charge in [0.1, 0.15) is 0 Å². The van der Waals surface area contributed by atoms with Crippen molar-refractivity contribution in [1.82, 2.24) is 0 Å². The molecule has 0 radical (unpaired) electrons. The molecule has 1 fully saturated rings. The maximum Gasteiger partial charge on any atom is 0.335 e. The number of rotatable bonds is 3. The maximum atomic E-state index is 10.8. The van der Waals surface area contributed by atoms with E-state index in [1.807, 2.05) is 19.2 Å². The van der Waals surface area contributed by atoms with Gasteiger partial charge in [-0.15, -0.1) is 0 Å². The molecule has 1 aliphatic heterocycles. The number of hydrogen-bond donors (Lipinski definition) is 1. The van der Waals surface area contributed by atoms with Gasteiger partial charge in [-0.3, -0.25) is 0 Å². The minimum Gasteiger partial charge on any atom is -0.478 e. The van der Waals surface area contributed by atoms with Crippen molar-refractivity contribution in [1.29, 1.82) is 0 Å². The van der Waals surface area contributed by atoms with Crippen LogP contribution in [0, 0.1) is 0 Å². The Balaban J connectivity index is 2.14. The highest BCUT2D eigenvalue weighted by molar-refractivity contribution is 5.88. The molecule has 0 bridgehead atoms. The molecule has 1 aromatic rings. The van der Waals surface area contributed by atoms with Gasteiger partial charge < -0.3 is 14.7 Å². The van der Waals surface area contributed by atoms with Crippen molar-refractivity contribution in [3.05, 3.63) is 29.8 Å². The van der Waals surface area contributed by atoms with Crippen LogP contribution < -0.4 is 4.90 Å². The SMILES string of the molecule is CC1OCCC1N(C)c1ccc(C(=O)O)cc1. The van der Waals surface area contributed by atoms with Gasteiger partial charge in [0.05, 0.1) is 17.7 Å². The van der Waals surface area contributed by atoms with Crippen LogP contribution in [0.2, 0.25) is 0 Å². The summed E-state index contributed by atoms with van der Waals surface area (Å²) in [4.78, 5) is 12.9. The number of likely N-dealkylation sites (N-methyl/N-ethyl adjacent to an activating group) is 1. The van der Waals surface area contributed by atoms with E-state index in [0.29, 0.717) is 11.6 Å². The second-order valence-corrected chi connectivity index (χ2v) is 4.39. The Labute approximate surface area is 101 Å². The van der Waals surface area contributed by atoms with E-state index in [1.165, 1.54) is 0 Å². The molecule has 0 aliphatic carbocycles. The first-order chi connectivity index (χ1) is 8.09. The molecule has 1 N–H and O–H groups in total. The third kappa shape index (κ3) is 2.42. The molecule has 4 nitrogen and oxygen atoms in total. The van der Waals surface area contributed by atoms with Gasteiger partial charge in [-0.05, 0) is 37.6 Å². The number of carboxylic acids is 1. The summed E-state index contributed by atoms with van der Waals surface area (Å²) in [5.74, 6) is -0.892. The third-order valence-electron chi connectivity index (χ3n) is 3.36. The number of ether oxygens (including phenoxy) is 1. The van der Waals surface area contributed by atoms with Crippen molar-refractivity contribution in [2.75, 3.05) is 18.6 Å². The molecule has 1 aliphatic rings. The average Bonchev–Trinajstić information content (AvgIpc) is 2.74. The fraction of sp³-hybridized carbons (Fsp3) is 0.462. The topological polar surface area (TPSA) is 49.8 Å². The Morgan fingerprint density at radius 3 is 2.53 bits per heavy atom. The lowest BCUT2D eigenvalue weighted by Gasteiger charge is -2.28. The van der Waals surface area contributed by atoms with E-state index < -0.39 is 5.97 Å². The van der Waals surface area contributed by atoms with E-state index in [-0.39, 0.29) is 6.10 Å². The summed E-state index contributed by atoms with van der Waals surface area (Å²) in [6, 6.07) is 7.32. The molecule has 0 spiro atoms. The second kappa shape index (κ2) is 4.75. The minimum atomic E-state index is -0.892. The van der Waals surface area contributed by atoms with Gasteiger partial charge in [-0.2, -0.15) is 0 Å². The number of aromatic carboxylic acids is 1. The van der Waals surface area contributed by atoms with E-state index in [2.05, 4.69) is 11.8 Å². The fourth-order valence-corrected chi connectivity index (χ4v) is 2.26. The number of nitrogens with zero attached hydrogens (tertiary/aromatic N) is 1. The normalized spacial score (nSPS) is 23.6. The maximum absolute atomic E-state index is 10.8. The predicted molar refractivity (Wildman–Crippen MR) is 65.6 cm³/mol. The molecule has 92 valence electrons. The molecule has 2 unspecified atom stereocenters. The quantitative estimate of drug-likeness (QED) is 0.870. The third-order valence-corrected chi connectivity index (χ3v) is 3.36. The van der Waals surface area contributed by atoms with E-state index in [4.69, 9.17) is 9.84 Å². The van der Waals surface area contributed by atoms with Crippen LogP contribution in [0.1, 0.15) is 23.7 Å². The average molecular weight is 235 g/mol. The lowest BCUT2D eigenvalue weighted by molar-refractivity contribution is 0.0697. The standard InChI is InChI=1S/C13H17NO3/c1-9-12(7-8-17-9)14(2)11-5-3-10(4-6-11)13(15)16/h3-6,9,12H,7-8H2,1-2H3,(H,15,16). The molecule has 2 rings (SSSR count). The van der Waals surface area contributed by atoms with E-state index >= 15 is 0 Å². The van der Waals surface area contributed by atoms with Gasteiger partial charge >= 0.3 is 5.97 Å². The zero-order chi connectivity index (χ0) is 12.4. The van der Waals surface area contributed by atoms with Crippen LogP contribution in [0.25, 0.3) is 0 Å². The first-order valence-electron chi connectivity index (χ1n) is 5.77. The van der Waals surface area contributed by atoms with E-state index in [9.17, 15) is 4.79 Å². The Bertz CT molecular complexity index is 402. The number of hydrogen-bond acceptors (Lipinski definition) is 3. The zero-order valence-electron chi connectivity index (χ0n) is 10.1. The molecular weight excluding hydrogens is 218 g/mol. The van der Waals surface area contributed by atoms with Crippen molar-refractivity contribution in [3.8, 4) is 0 Å². The van der Waals surface area contributed by atoms with Crippen molar-refractivity contribution in [3.63, 3.8) is 0 Å².